The zero-order valence-electron chi connectivity index (χ0n) is 5.69. The van der Waals surface area contributed by atoms with Crippen LogP contribution >= 0.6 is 0 Å². The molecule has 0 N–H and O–H groups in total. The van der Waals surface area contributed by atoms with Gasteiger partial charge in [0.2, 0.25) is 0 Å². The van der Waals surface area contributed by atoms with E-state index in [1.807, 2.05) is 0 Å². The van der Waals surface area contributed by atoms with Crippen LogP contribution in [0.2, 0.25) is 13.1 Å². The van der Waals surface area contributed by atoms with Crippen molar-refractivity contribution in [3.8, 4) is 11.5 Å². The summed E-state index contributed by atoms with van der Waals surface area (Å²) in [5.74, 6) is 2.92. The van der Waals surface area contributed by atoms with Gasteiger partial charge in [-0.3, -0.25) is 0 Å². The standard InChI is InChI=1S/C6H12OSi/c1-7-5-4-6-8(2)3/h8H,5H2,1-3H3. The van der Waals surface area contributed by atoms with Gasteiger partial charge in [0.15, 0.2) is 0 Å². The average molecular weight is 128 g/mol. The van der Waals surface area contributed by atoms with Crippen molar-refractivity contribution in [1.29, 1.82) is 0 Å². The van der Waals surface area contributed by atoms with E-state index in [4.69, 9.17) is 4.74 Å². The molecule has 0 bridgehead atoms. The Hall–Kier alpha value is -0.263. The first-order valence-electron chi connectivity index (χ1n) is 2.74. The van der Waals surface area contributed by atoms with Crippen LogP contribution in [0.15, 0.2) is 0 Å². The molecule has 0 saturated carbocycles. The van der Waals surface area contributed by atoms with Crippen molar-refractivity contribution in [1.82, 2.24) is 0 Å². The molecule has 0 aromatic heterocycles. The van der Waals surface area contributed by atoms with Crippen molar-refractivity contribution in [2.75, 3.05) is 13.7 Å². The van der Waals surface area contributed by atoms with E-state index in [0.717, 1.165) is 0 Å². The maximum atomic E-state index is 4.74. The van der Waals surface area contributed by atoms with Crippen LogP contribution in [0.4, 0.5) is 0 Å². The zero-order valence-corrected chi connectivity index (χ0v) is 6.85. The number of hydrogen-bond donors (Lipinski definition) is 0. The van der Waals surface area contributed by atoms with Crippen LogP contribution in [0, 0.1) is 11.5 Å². The highest BCUT2D eigenvalue weighted by atomic mass is 28.3. The fraction of sp³-hybridized carbons (Fsp3) is 0.667. The van der Waals surface area contributed by atoms with Gasteiger partial charge in [0.1, 0.15) is 15.4 Å². The molecule has 0 atom stereocenters. The molecule has 0 aromatic rings. The molecular formula is C6H12OSi. The fourth-order valence-corrected chi connectivity index (χ4v) is 0.810. The molecule has 0 aromatic carbocycles. The molecule has 0 saturated heterocycles. The van der Waals surface area contributed by atoms with Crippen LogP contribution in [-0.4, -0.2) is 22.5 Å². The van der Waals surface area contributed by atoms with Gasteiger partial charge in [0.05, 0.1) is 0 Å². The maximum absolute atomic E-state index is 4.74. The Morgan fingerprint density at radius 2 is 2.12 bits per heavy atom. The van der Waals surface area contributed by atoms with Crippen LogP contribution in [0.25, 0.3) is 0 Å². The summed E-state index contributed by atoms with van der Waals surface area (Å²) >= 11 is 0. The molecule has 1 nitrogen and oxygen atoms in total. The van der Waals surface area contributed by atoms with E-state index >= 15 is 0 Å². The lowest BCUT2D eigenvalue weighted by atomic mass is 10.8. The van der Waals surface area contributed by atoms with Crippen molar-refractivity contribution in [2.24, 2.45) is 0 Å². The molecule has 2 heteroatoms. The second-order valence-corrected chi connectivity index (χ2v) is 4.51. The van der Waals surface area contributed by atoms with Gasteiger partial charge in [-0.1, -0.05) is 19.0 Å². The summed E-state index contributed by atoms with van der Waals surface area (Å²) < 4.78 is 4.74. The highest BCUT2D eigenvalue weighted by Crippen LogP contribution is 1.72. The van der Waals surface area contributed by atoms with E-state index in [-0.39, 0.29) is 0 Å². The molecule has 0 radical (unpaired) electrons. The van der Waals surface area contributed by atoms with E-state index in [0.29, 0.717) is 6.61 Å². The lowest BCUT2D eigenvalue weighted by molar-refractivity contribution is 0.240. The normalized spacial score (nSPS) is 8.50. The van der Waals surface area contributed by atoms with Gasteiger partial charge in [-0.2, -0.15) is 0 Å². The number of hydrogen-bond acceptors (Lipinski definition) is 1. The maximum Gasteiger partial charge on any atom is 0.116 e. The molecule has 0 aliphatic rings. The van der Waals surface area contributed by atoms with Crippen molar-refractivity contribution in [2.45, 2.75) is 13.1 Å². The third-order valence-corrected chi connectivity index (χ3v) is 1.39. The SMILES string of the molecule is COCC#C[SiH](C)C. The molecule has 0 amide bonds. The molecule has 0 aliphatic heterocycles. The summed E-state index contributed by atoms with van der Waals surface area (Å²) in [6.07, 6.45) is 0. The van der Waals surface area contributed by atoms with E-state index in [1.54, 1.807) is 7.11 Å². The van der Waals surface area contributed by atoms with Gasteiger partial charge in [0, 0.05) is 7.11 Å². The summed E-state index contributed by atoms with van der Waals surface area (Å²) in [6.45, 7) is 4.98. The first kappa shape index (κ1) is 7.74. The summed E-state index contributed by atoms with van der Waals surface area (Å²) in [7, 11) is 1.02. The van der Waals surface area contributed by atoms with E-state index in [9.17, 15) is 0 Å². The molecular weight excluding hydrogens is 116 g/mol. The van der Waals surface area contributed by atoms with Crippen molar-refractivity contribution < 1.29 is 4.74 Å². The first-order chi connectivity index (χ1) is 3.77. The largest absolute Gasteiger partial charge is 0.372 e. The van der Waals surface area contributed by atoms with E-state index in [2.05, 4.69) is 24.6 Å². The minimum Gasteiger partial charge on any atom is -0.372 e. The summed E-state index contributed by atoms with van der Waals surface area (Å²) in [6, 6.07) is 0. The molecule has 8 heavy (non-hydrogen) atoms. The number of ether oxygens (including phenoxy) is 1. The third kappa shape index (κ3) is 5.74. The quantitative estimate of drug-likeness (QED) is 0.372. The van der Waals surface area contributed by atoms with Gasteiger partial charge >= 0.3 is 0 Å². The summed E-state index contributed by atoms with van der Waals surface area (Å²) in [5.41, 5.74) is 3.11. The van der Waals surface area contributed by atoms with Crippen LogP contribution in [0.3, 0.4) is 0 Å². The van der Waals surface area contributed by atoms with Crippen molar-refractivity contribution in [3.05, 3.63) is 0 Å². The Morgan fingerprint density at radius 1 is 1.50 bits per heavy atom. The molecule has 0 heterocycles. The lowest BCUT2D eigenvalue weighted by Crippen LogP contribution is -1.94. The Morgan fingerprint density at radius 3 is 2.50 bits per heavy atom. The Balaban J connectivity index is 3.20. The fourth-order valence-electron chi connectivity index (χ4n) is 0.318. The smallest absolute Gasteiger partial charge is 0.116 e. The Bertz CT molecular complexity index is 98.8. The van der Waals surface area contributed by atoms with Gasteiger partial charge < -0.3 is 4.74 Å². The van der Waals surface area contributed by atoms with Crippen LogP contribution < -0.4 is 0 Å². The average Bonchev–Trinajstić information content (AvgIpc) is 1.66. The molecule has 0 aliphatic carbocycles. The van der Waals surface area contributed by atoms with Crippen LogP contribution in [0.1, 0.15) is 0 Å². The topological polar surface area (TPSA) is 9.23 Å². The number of methoxy groups -OCH3 is 1. The summed E-state index contributed by atoms with van der Waals surface area (Å²) in [5, 5.41) is 0. The number of rotatable bonds is 1. The molecule has 0 spiro atoms. The molecule has 0 unspecified atom stereocenters. The van der Waals surface area contributed by atoms with E-state index in [1.165, 1.54) is 0 Å². The predicted molar refractivity (Wildman–Crippen MR) is 38.5 cm³/mol. The molecule has 46 valence electrons. The van der Waals surface area contributed by atoms with Crippen LogP contribution in [-0.2, 0) is 4.74 Å². The predicted octanol–water partition coefficient (Wildman–Crippen LogP) is 0.662. The van der Waals surface area contributed by atoms with Gasteiger partial charge in [-0.25, -0.2) is 0 Å². The third-order valence-electron chi connectivity index (χ3n) is 0.607. The minimum absolute atomic E-state index is 0.588. The van der Waals surface area contributed by atoms with Gasteiger partial charge in [0.25, 0.3) is 0 Å². The monoisotopic (exact) mass is 128 g/mol. The highest BCUT2D eigenvalue weighted by molar-refractivity contribution is 6.64. The van der Waals surface area contributed by atoms with Gasteiger partial charge in [-0.15, -0.1) is 5.54 Å². The Kier molecular flexibility index (Phi) is 4.72. The van der Waals surface area contributed by atoms with Crippen molar-refractivity contribution in [3.63, 3.8) is 0 Å². The highest BCUT2D eigenvalue weighted by Gasteiger charge is 1.81. The van der Waals surface area contributed by atoms with Gasteiger partial charge in [-0.05, 0) is 0 Å². The molecule has 0 fully saturated rings. The second-order valence-electron chi connectivity index (χ2n) is 1.91. The lowest BCUT2D eigenvalue weighted by Gasteiger charge is -1.84. The summed E-state index contributed by atoms with van der Waals surface area (Å²) in [4.78, 5) is 0. The van der Waals surface area contributed by atoms with Crippen LogP contribution in [0.5, 0.6) is 0 Å². The second kappa shape index (κ2) is 4.89. The minimum atomic E-state index is -0.643. The van der Waals surface area contributed by atoms with Crippen molar-refractivity contribution >= 4 is 8.80 Å². The Labute approximate surface area is 52.7 Å². The molecule has 0 rings (SSSR count). The first-order valence-corrected chi connectivity index (χ1v) is 5.63. The van der Waals surface area contributed by atoms with E-state index < -0.39 is 8.80 Å². The zero-order chi connectivity index (χ0) is 6.41.